The minimum Gasteiger partial charge on any atom is -0.458 e. The summed E-state index contributed by atoms with van der Waals surface area (Å²) >= 11 is 0. The van der Waals surface area contributed by atoms with E-state index in [-0.39, 0.29) is 5.41 Å². The molecule has 0 aliphatic heterocycles. The first-order valence-corrected chi connectivity index (χ1v) is 20.4. The molecule has 0 amide bonds. The Labute approximate surface area is 351 Å². The van der Waals surface area contributed by atoms with Gasteiger partial charge in [-0.05, 0) is 118 Å². The number of ether oxygens (including phenoxy) is 1. The molecule has 3 heterocycles. The zero-order valence-electron chi connectivity index (χ0n) is 34.2. The molecule has 60 heavy (non-hydrogen) atoms. The molecule has 0 bridgehead atoms. The van der Waals surface area contributed by atoms with Gasteiger partial charge in [-0.3, -0.25) is 13.7 Å². The van der Waals surface area contributed by atoms with Crippen LogP contribution < -0.4 is 9.30 Å². The van der Waals surface area contributed by atoms with Gasteiger partial charge in [0.15, 0.2) is 0 Å². The molecule has 10 aromatic rings. The average molecular weight is 777 g/mol. The van der Waals surface area contributed by atoms with Crippen LogP contribution in [0.15, 0.2) is 195 Å². The topological polar surface area (TPSA) is 35.9 Å². The van der Waals surface area contributed by atoms with Crippen molar-refractivity contribution in [1.82, 2.24) is 14.1 Å². The molecule has 0 unspecified atom stereocenters. The fraction of sp³-hybridized carbons (Fsp3) is 0.0909. The van der Waals surface area contributed by atoms with E-state index in [0.29, 0.717) is 0 Å². The maximum absolute atomic E-state index is 6.85. The van der Waals surface area contributed by atoms with E-state index in [9.17, 15) is 0 Å². The summed E-state index contributed by atoms with van der Waals surface area (Å²) in [6.45, 7) is 8.90. The Hall–Kier alpha value is -7.50. The summed E-state index contributed by atoms with van der Waals surface area (Å²) in [5.74, 6) is 2.35. The first-order valence-electron chi connectivity index (χ1n) is 20.4. The lowest BCUT2D eigenvalue weighted by atomic mass is 9.88. The number of hydrogen-bond donors (Lipinski definition) is 0. The van der Waals surface area contributed by atoms with E-state index >= 15 is 0 Å². The number of benzene rings is 7. The van der Waals surface area contributed by atoms with Crippen LogP contribution in [0.1, 0.15) is 31.9 Å². The highest BCUT2D eigenvalue weighted by Crippen LogP contribution is 2.38. The van der Waals surface area contributed by atoms with Gasteiger partial charge >= 0.3 is 0 Å². The molecule has 0 spiro atoms. The smallest absolute Gasteiger partial charge is 0.268 e. The molecule has 7 aromatic carbocycles. The van der Waals surface area contributed by atoms with Crippen molar-refractivity contribution in [2.75, 3.05) is 0 Å². The van der Waals surface area contributed by atoms with Crippen molar-refractivity contribution in [1.29, 1.82) is 0 Å². The molecule has 5 heteroatoms. The summed E-state index contributed by atoms with van der Waals surface area (Å²) in [4.78, 5) is 4.88. The van der Waals surface area contributed by atoms with E-state index in [1.54, 1.807) is 0 Å². The SMILES string of the molecule is Cc1c(-c2ccccc2)cc(-c2ccccc2)cc1-[n+]1[c-]n(-c2cc(Oc3ccc4c5ccccc5n(-c5cc(C(C)(C)C)ccn5)c4c3)cc(-c3ccccc3)c2)cc1. The molecule has 10 rings (SSSR count). The predicted octanol–water partition coefficient (Wildman–Crippen LogP) is 13.4. The van der Waals surface area contributed by atoms with Gasteiger partial charge < -0.3 is 4.74 Å². The summed E-state index contributed by atoms with van der Waals surface area (Å²) in [5, 5.41) is 2.32. The maximum atomic E-state index is 6.85. The summed E-state index contributed by atoms with van der Waals surface area (Å²) in [6, 6.07) is 61.8. The van der Waals surface area contributed by atoms with Gasteiger partial charge in [0, 0.05) is 35.4 Å². The summed E-state index contributed by atoms with van der Waals surface area (Å²) in [5.41, 5.74) is 13.4. The molecule has 3 aromatic heterocycles. The Morgan fingerprint density at radius 1 is 0.567 bits per heavy atom. The van der Waals surface area contributed by atoms with Gasteiger partial charge in [0.25, 0.3) is 6.33 Å². The summed E-state index contributed by atoms with van der Waals surface area (Å²) in [7, 11) is 0. The van der Waals surface area contributed by atoms with Crippen LogP contribution in [-0.2, 0) is 5.41 Å². The first-order chi connectivity index (χ1) is 29.3. The zero-order valence-corrected chi connectivity index (χ0v) is 34.2. The lowest BCUT2D eigenvalue weighted by molar-refractivity contribution is -0.599. The second-order valence-corrected chi connectivity index (χ2v) is 16.4. The van der Waals surface area contributed by atoms with Gasteiger partial charge in [-0.2, -0.15) is 0 Å². The number of rotatable bonds is 8. The van der Waals surface area contributed by atoms with Crippen molar-refractivity contribution in [2.45, 2.75) is 33.1 Å². The van der Waals surface area contributed by atoms with Crippen LogP contribution >= 0.6 is 0 Å². The Morgan fingerprint density at radius 3 is 1.93 bits per heavy atom. The van der Waals surface area contributed by atoms with Crippen molar-refractivity contribution in [2.24, 2.45) is 0 Å². The van der Waals surface area contributed by atoms with E-state index in [0.717, 1.165) is 61.8 Å². The average Bonchev–Trinajstić information content (AvgIpc) is 3.91. The number of pyridine rings is 1. The Morgan fingerprint density at radius 2 is 1.22 bits per heavy atom. The quantitative estimate of drug-likeness (QED) is 0.114. The molecule has 0 N–H and O–H groups in total. The van der Waals surface area contributed by atoms with Crippen LogP contribution in [0.25, 0.3) is 72.4 Å². The highest BCUT2D eigenvalue weighted by atomic mass is 16.5. The van der Waals surface area contributed by atoms with Gasteiger partial charge in [-0.25, -0.2) is 4.98 Å². The minimum atomic E-state index is -0.0151. The van der Waals surface area contributed by atoms with E-state index < -0.39 is 0 Å². The van der Waals surface area contributed by atoms with Crippen molar-refractivity contribution in [3.05, 3.63) is 212 Å². The van der Waals surface area contributed by atoms with Gasteiger partial charge in [0.1, 0.15) is 17.3 Å². The van der Waals surface area contributed by atoms with Crippen LogP contribution in [0.3, 0.4) is 0 Å². The highest BCUT2D eigenvalue weighted by Gasteiger charge is 2.19. The van der Waals surface area contributed by atoms with Crippen LogP contribution in [0.2, 0.25) is 0 Å². The largest absolute Gasteiger partial charge is 0.458 e. The van der Waals surface area contributed by atoms with E-state index in [1.807, 2.05) is 16.8 Å². The number of imidazole rings is 1. The van der Waals surface area contributed by atoms with Gasteiger partial charge in [0.05, 0.1) is 22.4 Å². The third kappa shape index (κ3) is 6.94. The molecular weight excluding hydrogens is 733 g/mol. The maximum Gasteiger partial charge on any atom is 0.268 e. The normalized spacial score (nSPS) is 11.7. The Kier molecular flexibility index (Phi) is 9.22. The lowest BCUT2D eigenvalue weighted by Crippen LogP contribution is -2.29. The number of fused-ring (bicyclic) bond motifs is 3. The van der Waals surface area contributed by atoms with Gasteiger partial charge in [0.2, 0.25) is 0 Å². The number of nitrogens with zero attached hydrogens (tertiary/aromatic N) is 4. The van der Waals surface area contributed by atoms with Crippen molar-refractivity contribution >= 4 is 21.8 Å². The molecule has 0 saturated carbocycles. The molecule has 0 aliphatic rings. The van der Waals surface area contributed by atoms with Crippen molar-refractivity contribution in [3.8, 4) is 62.1 Å². The second-order valence-electron chi connectivity index (χ2n) is 16.4. The molecule has 0 radical (unpaired) electrons. The Bertz CT molecular complexity index is 3160. The molecule has 5 nitrogen and oxygen atoms in total. The van der Waals surface area contributed by atoms with Crippen LogP contribution in [0.4, 0.5) is 0 Å². The molecule has 0 aliphatic carbocycles. The Balaban J connectivity index is 1.07. The molecule has 290 valence electrons. The highest BCUT2D eigenvalue weighted by molar-refractivity contribution is 6.09. The van der Waals surface area contributed by atoms with Gasteiger partial charge in [-0.15, -0.1) is 0 Å². The fourth-order valence-electron chi connectivity index (χ4n) is 8.24. The predicted molar refractivity (Wildman–Crippen MR) is 245 cm³/mol. The minimum absolute atomic E-state index is 0.0151. The van der Waals surface area contributed by atoms with Gasteiger partial charge in [-0.1, -0.05) is 130 Å². The van der Waals surface area contributed by atoms with Crippen LogP contribution in [0, 0.1) is 13.3 Å². The third-order valence-electron chi connectivity index (χ3n) is 11.4. The number of para-hydroxylation sites is 1. The zero-order chi connectivity index (χ0) is 40.8. The van der Waals surface area contributed by atoms with Crippen LogP contribution in [-0.4, -0.2) is 14.1 Å². The molecular formula is C55H44N4O. The van der Waals surface area contributed by atoms with Crippen LogP contribution in [0.5, 0.6) is 11.5 Å². The number of hydrogen-bond acceptors (Lipinski definition) is 2. The number of aromatic nitrogens is 4. The second kappa shape index (κ2) is 15.0. The lowest BCUT2D eigenvalue weighted by Gasteiger charge is -2.20. The van der Waals surface area contributed by atoms with E-state index in [2.05, 4.69) is 225 Å². The third-order valence-corrected chi connectivity index (χ3v) is 11.4. The van der Waals surface area contributed by atoms with E-state index in [4.69, 9.17) is 9.72 Å². The van der Waals surface area contributed by atoms with Crippen molar-refractivity contribution in [3.63, 3.8) is 0 Å². The standard InChI is InChI=1S/C55H44N4O/c1-38-50(41-20-12-7-13-21-41)32-43(40-18-10-6-11-19-40)33-52(38)58-29-28-57(37-58)45-30-42(39-16-8-5-9-17-39)31-47(35-45)60-46-24-25-49-48-22-14-15-23-51(48)59(53(49)36-46)54-34-44(26-27-56-54)55(2,3)4/h5-36H,1-4H3. The first kappa shape index (κ1) is 36.8. The molecule has 0 saturated heterocycles. The monoisotopic (exact) mass is 776 g/mol. The molecule has 0 atom stereocenters. The summed E-state index contributed by atoms with van der Waals surface area (Å²) < 4.78 is 13.2. The van der Waals surface area contributed by atoms with Crippen molar-refractivity contribution < 1.29 is 9.30 Å². The molecule has 0 fully saturated rings. The van der Waals surface area contributed by atoms with E-state index in [1.165, 1.54) is 33.2 Å². The fourth-order valence-corrected chi connectivity index (χ4v) is 8.24. The summed E-state index contributed by atoms with van der Waals surface area (Å²) in [6.07, 6.45) is 9.72.